The number of epoxide rings is 1. The maximum absolute atomic E-state index is 12.4. The lowest BCUT2D eigenvalue weighted by Gasteiger charge is -2.18. The van der Waals surface area contributed by atoms with Crippen LogP contribution in [0.5, 0.6) is 0 Å². The van der Waals surface area contributed by atoms with Crippen LogP contribution in [-0.4, -0.2) is 53.3 Å². The predicted octanol–water partition coefficient (Wildman–Crippen LogP) is 10.8. The van der Waals surface area contributed by atoms with Gasteiger partial charge in [-0.25, -0.2) is 4.57 Å². The summed E-state index contributed by atoms with van der Waals surface area (Å²) in [7, 11) is -4.75. The van der Waals surface area contributed by atoms with Crippen molar-refractivity contribution in [1.29, 1.82) is 0 Å². The minimum Gasteiger partial charge on any atom is -0.462 e. The van der Waals surface area contributed by atoms with Gasteiger partial charge in [0.1, 0.15) is 6.61 Å². The first-order chi connectivity index (χ1) is 23.7. The lowest BCUT2D eigenvalue weighted by atomic mass is 10.0. The number of unbranched alkanes of at least 4 members (excludes halogenated alkanes) is 21. The van der Waals surface area contributed by atoms with Crippen LogP contribution in [0.15, 0.2) is 12.2 Å². The molecule has 1 rings (SSSR count). The lowest BCUT2D eigenvalue weighted by Crippen LogP contribution is -2.29. The van der Waals surface area contributed by atoms with E-state index in [0.717, 1.165) is 57.8 Å². The van der Waals surface area contributed by atoms with Crippen molar-refractivity contribution in [2.75, 3.05) is 13.2 Å². The van der Waals surface area contributed by atoms with Crippen LogP contribution in [-0.2, 0) is 32.9 Å². The Balaban J connectivity index is 2.06. The van der Waals surface area contributed by atoms with Gasteiger partial charge in [0, 0.05) is 12.8 Å². The molecule has 49 heavy (non-hydrogen) atoms. The number of carbonyl (C=O) groups excluding carboxylic acids is 2. The molecule has 0 aromatic carbocycles. The Labute approximate surface area is 299 Å². The number of phosphoric acid groups is 1. The van der Waals surface area contributed by atoms with Gasteiger partial charge in [-0.2, -0.15) is 0 Å². The highest BCUT2D eigenvalue weighted by Crippen LogP contribution is 2.36. The number of hydrogen-bond acceptors (Lipinski definition) is 7. The second kappa shape index (κ2) is 31.5. The zero-order chi connectivity index (χ0) is 35.8. The van der Waals surface area contributed by atoms with Crippen LogP contribution in [0.1, 0.15) is 194 Å². The molecule has 1 aliphatic rings. The molecule has 0 radical (unpaired) electrons. The molecule has 0 aromatic rings. The Hall–Kier alpha value is -1.25. The fraction of sp³-hybridized carbons (Fsp3) is 0.897. The third kappa shape index (κ3) is 31.2. The van der Waals surface area contributed by atoms with E-state index >= 15 is 0 Å². The van der Waals surface area contributed by atoms with Gasteiger partial charge in [0.05, 0.1) is 18.8 Å². The predicted molar refractivity (Wildman–Crippen MR) is 197 cm³/mol. The highest BCUT2D eigenvalue weighted by atomic mass is 31.2. The Bertz CT molecular complexity index is 875. The van der Waals surface area contributed by atoms with Gasteiger partial charge in [0.15, 0.2) is 6.10 Å². The molecule has 10 heteroatoms. The van der Waals surface area contributed by atoms with Crippen LogP contribution in [0.2, 0.25) is 0 Å². The summed E-state index contributed by atoms with van der Waals surface area (Å²) in [6, 6.07) is 0. The molecule has 1 aliphatic heterocycles. The van der Waals surface area contributed by atoms with Gasteiger partial charge in [-0.3, -0.25) is 14.1 Å². The van der Waals surface area contributed by atoms with Crippen LogP contribution in [0.25, 0.3) is 0 Å². The summed E-state index contributed by atoms with van der Waals surface area (Å²) in [5.41, 5.74) is 0. The summed E-state index contributed by atoms with van der Waals surface area (Å²) in [6.07, 6.45) is 35.3. The third-order valence-electron chi connectivity index (χ3n) is 9.21. The Morgan fingerprint density at radius 1 is 0.633 bits per heavy atom. The van der Waals surface area contributed by atoms with Crippen molar-refractivity contribution in [3.05, 3.63) is 12.2 Å². The zero-order valence-corrected chi connectivity index (χ0v) is 32.2. The highest BCUT2D eigenvalue weighted by molar-refractivity contribution is 7.46. The summed E-state index contributed by atoms with van der Waals surface area (Å²) in [4.78, 5) is 42.8. The second-order valence-corrected chi connectivity index (χ2v) is 15.2. The molecule has 0 aromatic heterocycles. The van der Waals surface area contributed by atoms with E-state index in [2.05, 4.69) is 30.5 Å². The summed E-state index contributed by atoms with van der Waals surface area (Å²) in [6.45, 7) is 3.65. The summed E-state index contributed by atoms with van der Waals surface area (Å²) in [5.74, 6) is -0.898. The number of ether oxygens (including phenoxy) is 3. The first-order valence-corrected chi connectivity index (χ1v) is 21.6. The zero-order valence-electron chi connectivity index (χ0n) is 31.3. The van der Waals surface area contributed by atoms with Gasteiger partial charge in [-0.15, -0.1) is 0 Å². The van der Waals surface area contributed by atoms with E-state index in [9.17, 15) is 14.2 Å². The number of allylic oxidation sites excluding steroid dienone is 1. The fourth-order valence-electron chi connectivity index (χ4n) is 6.09. The Kier molecular flexibility index (Phi) is 29.4. The lowest BCUT2D eigenvalue weighted by molar-refractivity contribution is -0.161. The molecule has 0 spiro atoms. The summed E-state index contributed by atoms with van der Waals surface area (Å²) in [5, 5.41) is 0. The number of esters is 2. The van der Waals surface area contributed by atoms with Gasteiger partial charge in [0.2, 0.25) is 0 Å². The second-order valence-electron chi connectivity index (χ2n) is 14.0. The summed E-state index contributed by atoms with van der Waals surface area (Å²) >= 11 is 0. The quantitative estimate of drug-likeness (QED) is 0.0214. The van der Waals surface area contributed by atoms with Crippen LogP contribution in [0.4, 0.5) is 0 Å². The van der Waals surface area contributed by atoms with E-state index in [-0.39, 0.29) is 19.4 Å². The molecule has 0 saturated carbocycles. The van der Waals surface area contributed by atoms with Crippen molar-refractivity contribution in [3.63, 3.8) is 0 Å². The van der Waals surface area contributed by atoms with Gasteiger partial charge < -0.3 is 24.0 Å². The van der Waals surface area contributed by atoms with Gasteiger partial charge in [-0.1, -0.05) is 154 Å². The topological polar surface area (TPSA) is 132 Å². The van der Waals surface area contributed by atoms with Gasteiger partial charge >= 0.3 is 19.8 Å². The van der Waals surface area contributed by atoms with E-state index < -0.39 is 32.5 Å². The molecule has 2 unspecified atom stereocenters. The molecule has 0 aliphatic carbocycles. The van der Waals surface area contributed by atoms with E-state index in [0.29, 0.717) is 18.6 Å². The van der Waals surface area contributed by atoms with Crippen LogP contribution < -0.4 is 0 Å². The van der Waals surface area contributed by atoms with Crippen molar-refractivity contribution >= 4 is 19.8 Å². The average Bonchev–Trinajstić information content (AvgIpc) is 3.82. The minimum atomic E-state index is -4.75. The SMILES string of the molecule is CCCCCCCCCCCCCCCCCC(=O)OC[C@H](COP(=O)(O)O)OC(=O)CCCCCCC/C=C\CC1OC1CCCCC. The molecular formula is C39H73O9P. The number of carbonyl (C=O) groups is 2. The Morgan fingerprint density at radius 2 is 1.12 bits per heavy atom. The highest BCUT2D eigenvalue weighted by Gasteiger charge is 2.36. The molecule has 0 bridgehead atoms. The maximum Gasteiger partial charge on any atom is 0.469 e. The van der Waals surface area contributed by atoms with E-state index in [4.69, 9.17) is 24.0 Å². The molecule has 0 amide bonds. The van der Waals surface area contributed by atoms with Crippen molar-refractivity contribution in [2.24, 2.45) is 0 Å². The Morgan fingerprint density at radius 3 is 1.67 bits per heavy atom. The third-order valence-corrected chi connectivity index (χ3v) is 9.69. The maximum atomic E-state index is 12.4. The molecular weight excluding hydrogens is 643 g/mol. The largest absolute Gasteiger partial charge is 0.469 e. The first kappa shape index (κ1) is 45.8. The van der Waals surface area contributed by atoms with Gasteiger partial charge in [0.25, 0.3) is 0 Å². The van der Waals surface area contributed by atoms with E-state index in [1.807, 2.05) is 0 Å². The summed E-state index contributed by atoms with van der Waals surface area (Å²) < 4.78 is 32.1. The number of rotatable bonds is 36. The fourth-order valence-corrected chi connectivity index (χ4v) is 6.45. The molecule has 3 atom stereocenters. The monoisotopic (exact) mass is 716 g/mol. The molecule has 1 fully saturated rings. The van der Waals surface area contributed by atoms with Crippen LogP contribution in [0, 0.1) is 0 Å². The normalized spacial score (nSPS) is 16.7. The van der Waals surface area contributed by atoms with E-state index in [1.165, 1.54) is 103 Å². The average molecular weight is 717 g/mol. The molecule has 2 N–H and O–H groups in total. The van der Waals surface area contributed by atoms with Crippen molar-refractivity contribution in [3.8, 4) is 0 Å². The molecule has 288 valence electrons. The van der Waals surface area contributed by atoms with Crippen molar-refractivity contribution < 1.29 is 42.7 Å². The minimum absolute atomic E-state index is 0.195. The molecule has 1 saturated heterocycles. The van der Waals surface area contributed by atoms with Crippen molar-refractivity contribution in [2.45, 2.75) is 212 Å². The van der Waals surface area contributed by atoms with Crippen molar-refractivity contribution in [1.82, 2.24) is 0 Å². The van der Waals surface area contributed by atoms with E-state index in [1.54, 1.807) is 0 Å². The van der Waals surface area contributed by atoms with Crippen LogP contribution in [0.3, 0.4) is 0 Å². The molecule has 9 nitrogen and oxygen atoms in total. The number of phosphoric ester groups is 1. The van der Waals surface area contributed by atoms with Crippen LogP contribution >= 0.6 is 7.82 Å². The molecule has 1 heterocycles. The number of hydrogen-bond donors (Lipinski definition) is 2. The first-order valence-electron chi connectivity index (χ1n) is 20.1. The van der Waals surface area contributed by atoms with Gasteiger partial charge in [-0.05, 0) is 38.5 Å². The smallest absolute Gasteiger partial charge is 0.462 e. The standard InChI is InChI=1S/C39H73O9P/c1-3-5-7-8-9-10-11-12-13-14-15-16-20-23-27-31-38(40)45-33-35(34-46-49(42,43)44)47-39(41)32-28-24-21-18-17-19-22-26-30-37-36(48-37)29-25-6-4-2/h22,26,35-37H,3-21,23-25,27-34H2,1-2H3,(H2,42,43,44)/b26-22-/t35-,36?,37?/m1/s1.